The van der Waals surface area contributed by atoms with Crippen molar-refractivity contribution in [1.29, 1.82) is 0 Å². The number of hydrogen-bond acceptors (Lipinski definition) is 6. The van der Waals surface area contributed by atoms with E-state index < -0.39 is 27.9 Å². The summed E-state index contributed by atoms with van der Waals surface area (Å²) in [6, 6.07) is 15.6. The Bertz CT molecular complexity index is 1120. The highest BCUT2D eigenvalue weighted by Crippen LogP contribution is 2.33. The standard InChI is InChI=1S/C19H14N2O7S/c22-18-11-16(8-9-17(18)19(23)24)20(29(27)28)15-3-1-2-13(10-15)12-4-6-14(7-5-12)21(25)26/h1-11,22H,(H,23,24)(H,27,28)/p-1. The number of anilines is 2. The van der Waals surface area contributed by atoms with Gasteiger partial charge < -0.3 is 14.8 Å². The minimum Gasteiger partial charge on any atom is -0.755 e. The maximum atomic E-state index is 11.9. The van der Waals surface area contributed by atoms with Crippen molar-refractivity contribution in [2.45, 2.75) is 0 Å². The number of phenols is 1. The van der Waals surface area contributed by atoms with Crippen LogP contribution in [-0.4, -0.2) is 29.9 Å². The Labute approximate surface area is 167 Å². The summed E-state index contributed by atoms with van der Waals surface area (Å²) in [6.07, 6.45) is 0. The fraction of sp³-hybridized carbons (Fsp3) is 0. The number of carbonyl (C=O) groups is 1. The summed E-state index contributed by atoms with van der Waals surface area (Å²) in [5, 5.41) is 29.7. The van der Waals surface area contributed by atoms with Gasteiger partial charge in [0.1, 0.15) is 11.3 Å². The normalized spacial score (nSPS) is 11.6. The number of carboxylic acid groups (broad SMARTS) is 1. The van der Waals surface area contributed by atoms with Crippen molar-refractivity contribution in [3.63, 3.8) is 0 Å². The molecule has 3 aromatic rings. The first-order valence-corrected chi connectivity index (χ1v) is 9.12. The molecule has 0 spiro atoms. The zero-order valence-corrected chi connectivity index (χ0v) is 15.4. The molecule has 0 amide bonds. The van der Waals surface area contributed by atoms with E-state index in [0.29, 0.717) is 11.1 Å². The Balaban J connectivity index is 2.02. The number of aromatic carboxylic acids is 1. The van der Waals surface area contributed by atoms with Gasteiger partial charge in [0, 0.05) is 18.2 Å². The van der Waals surface area contributed by atoms with Gasteiger partial charge in [0.25, 0.3) is 5.69 Å². The second-order valence-corrected chi connectivity index (χ2v) is 6.67. The van der Waals surface area contributed by atoms with Crippen molar-refractivity contribution in [2.75, 3.05) is 4.31 Å². The number of nitro benzene ring substituents is 1. The van der Waals surface area contributed by atoms with Crippen LogP contribution in [0.15, 0.2) is 66.7 Å². The van der Waals surface area contributed by atoms with E-state index in [2.05, 4.69) is 0 Å². The smallest absolute Gasteiger partial charge is 0.339 e. The van der Waals surface area contributed by atoms with Crippen LogP contribution in [0.3, 0.4) is 0 Å². The zero-order valence-electron chi connectivity index (χ0n) is 14.6. The number of carboxylic acids is 1. The largest absolute Gasteiger partial charge is 0.755 e. The predicted molar refractivity (Wildman–Crippen MR) is 105 cm³/mol. The molecular formula is C19H13N2O7S-. The molecule has 0 aliphatic carbocycles. The molecule has 29 heavy (non-hydrogen) atoms. The van der Waals surface area contributed by atoms with Gasteiger partial charge in [-0.15, -0.1) is 0 Å². The Hall–Kier alpha value is -3.76. The Morgan fingerprint density at radius 3 is 2.17 bits per heavy atom. The number of non-ortho nitro benzene ring substituents is 1. The van der Waals surface area contributed by atoms with Crippen LogP contribution in [0, 0.1) is 10.1 Å². The summed E-state index contributed by atoms with van der Waals surface area (Å²) >= 11 is -2.77. The highest BCUT2D eigenvalue weighted by atomic mass is 32.2. The van der Waals surface area contributed by atoms with Gasteiger partial charge in [-0.2, -0.15) is 0 Å². The first kappa shape index (κ1) is 20.0. The lowest BCUT2D eigenvalue weighted by molar-refractivity contribution is -0.384. The fourth-order valence-corrected chi connectivity index (χ4v) is 3.31. The molecule has 1 unspecified atom stereocenters. The molecule has 0 bridgehead atoms. The van der Waals surface area contributed by atoms with Crippen molar-refractivity contribution in [3.8, 4) is 16.9 Å². The van der Waals surface area contributed by atoms with E-state index in [4.69, 9.17) is 5.11 Å². The number of nitro groups is 1. The van der Waals surface area contributed by atoms with Gasteiger partial charge in [-0.05, 0) is 47.5 Å². The van der Waals surface area contributed by atoms with Crippen molar-refractivity contribution < 1.29 is 28.7 Å². The van der Waals surface area contributed by atoms with E-state index in [1.165, 1.54) is 24.3 Å². The van der Waals surface area contributed by atoms with E-state index in [9.17, 15) is 28.8 Å². The van der Waals surface area contributed by atoms with Gasteiger partial charge in [-0.25, -0.2) is 4.79 Å². The van der Waals surface area contributed by atoms with Gasteiger partial charge in [0.2, 0.25) is 0 Å². The maximum absolute atomic E-state index is 11.9. The molecule has 10 heteroatoms. The molecule has 148 valence electrons. The minimum absolute atomic E-state index is 0.0432. The van der Waals surface area contributed by atoms with E-state index in [1.807, 2.05) is 0 Å². The summed E-state index contributed by atoms with van der Waals surface area (Å²) in [5.74, 6) is -1.92. The molecule has 0 saturated carbocycles. The molecule has 0 saturated heterocycles. The summed E-state index contributed by atoms with van der Waals surface area (Å²) < 4.78 is 24.6. The van der Waals surface area contributed by atoms with Crippen LogP contribution in [0.2, 0.25) is 0 Å². The molecule has 0 aliphatic heterocycles. The van der Waals surface area contributed by atoms with E-state index >= 15 is 0 Å². The fourth-order valence-electron chi connectivity index (χ4n) is 2.74. The summed E-state index contributed by atoms with van der Waals surface area (Å²) in [5.41, 5.74) is 1.10. The topological polar surface area (TPSA) is 144 Å². The first-order chi connectivity index (χ1) is 13.8. The van der Waals surface area contributed by atoms with Crippen LogP contribution < -0.4 is 4.31 Å². The maximum Gasteiger partial charge on any atom is 0.339 e. The summed E-state index contributed by atoms with van der Waals surface area (Å²) in [7, 11) is 0. The molecule has 0 heterocycles. The Morgan fingerprint density at radius 1 is 0.966 bits per heavy atom. The summed E-state index contributed by atoms with van der Waals surface area (Å²) in [4.78, 5) is 21.3. The average Bonchev–Trinajstić information content (AvgIpc) is 2.68. The molecule has 3 aromatic carbocycles. The molecule has 0 radical (unpaired) electrons. The molecule has 0 fully saturated rings. The molecular weight excluding hydrogens is 400 g/mol. The number of hydrogen-bond donors (Lipinski definition) is 2. The van der Waals surface area contributed by atoms with Crippen LogP contribution in [-0.2, 0) is 11.3 Å². The molecule has 9 nitrogen and oxygen atoms in total. The van der Waals surface area contributed by atoms with Gasteiger partial charge in [0.15, 0.2) is 0 Å². The van der Waals surface area contributed by atoms with Crippen molar-refractivity contribution in [1.82, 2.24) is 0 Å². The van der Waals surface area contributed by atoms with Crippen LogP contribution in [0.25, 0.3) is 11.1 Å². The number of aromatic hydroxyl groups is 1. The summed E-state index contributed by atoms with van der Waals surface area (Å²) in [6.45, 7) is 0. The van der Waals surface area contributed by atoms with Crippen LogP contribution >= 0.6 is 0 Å². The number of rotatable bonds is 6. The number of benzene rings is 3. The number of nitrogens with zero attached hydrogens (tertiary/aromatic N) is 2. The SMILES string of the molecule is O=C(O)c1ccc(N(c2cccc(-c3ccc([N+](=O)[O-])cc3)c2)S(=O)[O-])cc1O. The predicted octanol–water partition coefficient (Wildman–Crippen LogP) is 3.60. The van der Waals surface area contributed by atoms with Gasteiger partial charge in [-0.3, -0.25) is 18.6 Å². The lowest BCUT2D eigenvalue weighted by Crippen LogP contribution is -2.19. The highest BCUT2D eigenvalue weighted by Gasteiger charge is 2.16. The van der Waals surface area contributed by atoms with Crippen molar-refractivity contribution in [3.05, 3.63) is 82.4 Å². The van der Waals surface area contributed by atoms with Crippen molar-refractivity contribution >= 4 is 34.3 Å². The van der Waals surface area contributed by atoms with E-state index in [-0.39, 0.29) is 22.6 Å². The van der Waals surface area contributed by atoms with Crippen LogP contribution in [0.5, 0.6) is 5.75 Å². The highest BCUT2D eigenvalue weighted by molar-refractivity contribution is 7.81. The van der Waals surface area contributed by atoms with Gasteiger partial charge in [-0.1, -0.05) is 12.1 Å². The molecule has 1 atom stereocenters. The van der Waals surface area contributed by atoms with Gasteiger partial charge in [0.05, 0.1) is 27.6 Å². The molecule has 0 aliphatic rings. The third kappa shape index (κ3) is 4.23. The first-order valence-electron chi connectivity index (χ1n) is 8.08. The third-order valence-corrected chi connectivity index (χ3v) is 4.81. The Morgan fingerprint density at radius 2 is 1.62 bits per heavy atom. The lowest BCUT2D eigenvalue weighted by atomic mass is 10.0. The average molecular weight is 413 g/mol. The van der Waals surface area contributed by atoms with E-state index in [1.54, 1.807) is 30.3 Å². The second-order valence-electron chi connectivity index (χ2n) is 5.87. The molecule has 3 rings (SSSR count). The third-order valence-electron chi connectivity index (χ3n) is 4.09. The van der Waals surface area contributed by atoms with Crippen molar-refractivity contribution in [2.24, 2.45) is 0 Å². The lowest BCUT2D eigenvalue weighted by Gasteiger charge is -2.27. The zero-order chi connectivity index (χ0) is 21.1. The van der Waals surface area contributed by atoms with Crippen LogP contribution in [0.1, 0.15) is 10.4 Å². The minimum atomic E-state index is -2.77. The van der Waals surface area contributed by atoms with E-state index in [0.717, 1.165) is 16.4 Å². The van der Waals surface area contributed by atoms with Crippen LogP contribution in [0.4, 0.5) is 17.1 Å². The van der Waals surface area contributed by atoms with Gasteiger partial charge >= 0.3 is 5.97 Å². The Kier molecular flexibility index (Phi) is 5.57. The quantitative estimate of drug-likeness (QED) is 0.357. The molecule has 2 N–H and O–H groups in total. The molecule has 0 aromatic heterocycles. The monoisotopic (exact) mass is 413 g/mol. The second kappa shape index (κ2) is 8.09.